The van der Waals surface area contributed by atoms with Crippen LogP contribution in [0.1, 0.15) is 51.0 Å². The third kappa shape index (κ3) is 5.23. The summed E-state index contributed by atoms with van der Waals surface area (Å²) in [4.78, 5) is 0. The van der Waals surface area contributed by atoms with Gasteiger partial charge in [-0.2, -0.15) is 0 Å². The van der Waals surface area contributed by atoms with E-state index < -0.39 is 0 Å². The van der Waals surface area contributed by atoms with Crippen molar-refractivity contribution in [2.24, 2.45) is 0 Å². The van der Waals surface area contributed by atoms with E-state index in [-0.39, 0.29) is 0 Å². The molecular weight excluding hydrogens is 234 g/mol. The predicted octanol–water partition coefficient (Wildman–Crippen LogP) is 3.94. The zero-order chi connectivity index (χ0) is 13.3. The van der Waals surface area contributed by atoms with Crippen LogP contribution in [-0.4, -0.2) is 19.2 Å². The summed E-state index contributed by atoms with van der Waals surface area (Å²) in [6, 6.07) is 9.31. The Morgan fingerprint density at radius 2 is 1.89 bits per heavy atom. The normalized spacial score (nSPS) is 15.8. The Morgan fingerprint density at radius 1 is 1.16 bits per heavy atom. The fourth-order valence-electron chi connectivity index (χ4n) is 2.70. The number of ether oxygens (including phenoxy) is 1. The minimum Gasteiger partial charge on any atom is -0.492 e. The monoisotopic (exact) mass is 261 g/mol. The molecule has 0 atom stereocenters. The van der Waals surface area contributed by atoms with E-state index in [0.29, 0.717) is 0 Å². The molecule has 1 fully saturated rings. The summed E-state index contributed by atoms with van der Waals surface area (Å²) in [7, 11) is 0. The summed E-state index contributed by atoms with van der Waals surface area (Å²) in [5.74, 6) is 0.994. The third-order valence-corrected chi connectivity index (χ3v) is 3.90. The highest BCUT2D eigenvalue weighted by molar-refractivity contribution is 5.27. The lowest BCUT2D eigenvalue weighted by molar-refractivity contribution is 0.305. The highest BCUT2D eigenvalue weighted by Crippen LogP contribution is 2.17. The van der Waals surface area contributed by atoms with Crippen molar-refractivity contribution in [3.8, 4) is 5.75 Å². The van der Waals surface area contributed by atoms with Gasteiger partial charge in [0.25, 0.3) is 0 Å². The van der Waals surface area contributed by atoms with Crippen LogP contribution in [0.15, 0.2) is 24.3 Å². The Kier molecular flexibility index (Phi) is 6.22. The standard InChI is InChI=1S/C17H27NO/c1-2-3-6-15-9-11-17(12-10-15)19-14-13-18-16-7-4-5-8-16/h9-12,16,18H,2-8,13-14H2,1H3. The third-order valence-electron chi connectivity index (χ3n) is 3.90. The lowest BCUT2D eigenvalue weighted by Gasteiger charge is -2.12. The van der Waals surface area contributed by atoms with E-state index in [0.717, 1.165) is 24.9 Å². The second-order valence-corrected chi connectivity index (χ2v) is 5.53. The van der Waals surface area contributed by atoms with Crippen LogP contribution in [0.25, 0.3) is 0 Å². The Labute approximate surface area is 117 Å². The van der Waals surface area contributed by atoms with Gasteiger partial charge >= 0.3 is 0 Å². The predicted molar refractivity (Wildman–Crippen MR) is 80.8 cm³/mol. The van der Waals surface area contributed by atoms with E-state index in [9.17, 15) is 0 Å². The maximum Gasteiger partial charge on any atom is 0.119 e. The van der Waals surface area contributed by atoms with E-state index in [1.54, 1.807) is 0 Å². The van der Waals surface area contributed by atoms with Crippen LogP contribution in [0, 0.1) is 0 Å². The number of hydrogen-bond donors (Lipinski definition) is 1. The van der Waals surface area contributed by atoms with Crippen LogP contribution in [0.5, 0.6) is 5.75 Å². The SMILES string of the molecule is CCCCc1ccc(OCCNC2CCCC2)cc1. The highest BCUT2D eigenvalue weighted by atomic mass is 16.5. The fraction of sp³-hybridized carbons (Fsp3) is 0.647. The molecule has 0 aliphatic heterocycles. The number of nitrogens with one attached hydrogen (secondary N) is 1. The molecule has 2 rings (SSSR count). The maximum atomic E-state index is 5.76. The molecule has 0 bridgehead atoms. The quantitative estimate of drug-likeness (QED) is 0.716. The average Bonchev–Trinajstić information content (AvgIpc) is 2.96. The first-order chi connectivity index (χ1) is 9.38. The molecule has 0 amide bonds. The van der Waals surface area contributed by atoms with Gasteiger partial charge in [-0.3, -0.25) is 0 Å². The summed E-state index contributed by atoms with van der Waals surface area (Å²) in [6.07, 6.45) is 9.16. The first-order valence-corrected chi connectivity index (χ1v) is 7.83. The van der Waals surface area contributed by atoms with Gasteiger partial charge in [-0.05, 0) is 43.4 Å². The van der Waals surface area contributed by atoms with Crippen molar-refractivity contribution in [1.29, 1.82) is 0 Å². The van der Waals surface area contributed by atoms with Gasteiger partial charge in [-0.1, -0.05) is 38.3 Å². The van der Waals surface area contributed by atoms with E-state index >= 15 is 0 Å². The minimum atomic E-state index is 0.736. The zero-order valence-electron chi connectivity index (χ0n) is 12.2. The van der Waals surface area contributed by atoms with Crippen molar-refractivity contribution < 1.29 is 4.74 Å². The van der Waals surface area contributed by atoms with Gasteiger partial charge in [0.1, 0.15) is 12.4 Å². The molecule has 0 saturated heterocycles. The molecule has 0 heterocycles. The molecule has 19 heavy (non-hydrogen) atoms. The first-order valence-electron chi connectivity index (χ1n) is 7.83. The van der Waals surface area contributed by atoms with E-state index in [1.165, 1.54) is 50.5 Å². The molecule has 1 aromatic carbocycles. The summed E-state index contributed by atoms with van der Waals surface area (Å²) in [5, 5.41) is 3.57. The summed E-state index contributed by atoms with van der Waals surface area (Å²) >= 11 is 0. The summed E-state index contributed by atoms with van der Waals surface area (Å²) in [5.41, 5.74) is 1.42. The van der Waals surface area contributed by atoms with Gasteiger partial charge in [0.15, 0.2) is 0 Å². The number of rotatable bonds is 8. The molecular formula is C17H27NO. The van der Waals surface area contributed by atoms with Crippen LogP contribution < -0.4 is 10.1 Å². The number of hydrogen-bond acceptors (Lipinski definition) is 2. The molecule has 1 aliphatic rings. The molecule has 1 saturated carbocycles. The van der Waals surface area contributed by atoms with Gasteiger partial charge in [-0.15, -0.1) is 0 Å². The molecule has 1 aliphatic carbocycles. The minimum absolute atomic E-state index is 0.736. The maximum absolute atomic E-state index is 5.76. The molecule has 1 aromatic rings. The van der Waals surface area contributed by atoms with Crippen molar-refractivity contribution in [2.75, 3.05) is 13.2 Å². The van der Waals surface area contributed by atoms with E-state index in [1.807, 2.05) is 0 Å². The van der Waals surface area contributed by atoms with Gasteiger partial charge in [0.2, 0.25) is 0 Å². The second-order valence-electron chi connectivity index (χ2n) is 5.53. The molecule has 106 valence electrons. The van der Waals surface area contributed by atoms with Crippen molar-refractivity contribution in [2.45, 2.75) is 57.9 Å². The lowest BCUT2D eigenvalue weighted by atomic mass is 10.1. The lowest BCUT2D eigenvalue weighted by Crippen LogP contribution is -2.30. The molecule has 0 aromatic heterocycles. The topological polar surface area (TPSA) is 21.3 Å². The molecule has 2 heteroatoms. The Bertz CT molecular complexity index is 341. The summed E-state index contributed by atoms with van der Waals surface area (Å²) in [6.45, 7) is 3.96. The largest absolute Gasteiger partial charge is 0.492 e. The fourth-order valence-corrected chi connectivity index (χ4v) is 2.70. The van der Waals surface area contributed by atoms with Crippen LogP contribution in [-0.2, 0) is 6.42 Å². The molecule has 2 nitrogen and oxygen atoms in total. The number of benzene rings is 1. The summed E-state index contributed by atoms with van der Waals surface area (Å²) < 4.78 is 5.76. The van der Waals surface area contributed by atoms with E-state index in [4.69, 9.17) is 4.74 Å². The Morgan fingerprint density at radius 3 is 2.58 bits per heavy atom. The smallest absolute Gasteiger partial charge is 0.119 e. The van der Waals surface area contributed by atoms with Crippen molar-refractivity contribution in [1.82, 2.24) is 5.32 Å². The van der Waals surface area contributed by atoms with Gasteiger partial charge in [0.05, 0.1) is 0 Å². The molecule has 0 unspecified atom stereocenters. The highest BCUT2D eigenvalue weighted by Gasteiger charge is 2.13. The van der Waals surface area contributed by atoms with Crippen LogP contribution in [0.4, 0.5) is 0 Å². The average molecular weight is 261 g/mol. The van der Waals surface area contributed by atoms with Gasteiger partial charge in [0, 0.05) is 12.6 Å². The molecule has 1 N–H and O–H groups in total. The number of aryl methyl sites for hydroxylation is 1. The van der Waals surface area contributed by atoms with Crippen LogP contribution in [0.2, 0.25) is 0 Å². The van der Waals surface area contributed by atoms with Crippen molar-refractivity contribution >= 4 is 0 Å². The second kappa shape index (κ2) is 8.21. The Hall–Kier alpha value is -1.02. The van der Waals surface area contributed by atoms with Crippen LogP contribution >= 0.6 is 0 Å². The van der Waals surface area contributed by atoms with Crippen molar-refractivity contribution in [3.05, 3.63) is 29.8 Å². The number of unbranched alkanes of at least 4 members (excludes halogenated alkanes) is 1. The first kappa shape index (κ1) is 14.4. The zero-order valence-corrected chi connectivity index (χ0v) is 12.2. The van der Waals surface area contributed by atoms with Crippen molar-refractivity contribution in [3.63, 3.8) is 0 Å². The van der Waals surface area contributed by atoms with Gasteiger partial charge in [-0.25, -0.2) is 0 Å². The van der Waals surface area contributed by atoms with E-state index in [2.05, 4.69) is 36.5 Å². The molecule has 0 spiro atoms. The molecule has 0 radical (unpaired) electrons. The van der Waals surface area contributed by atoms with Crippen LogP contribution in [0.3, 0.4) is 0 Å². The Balaban J connectivity index is 1.62. The van der Waals surface area contributed by atoms with Gasteiger partial charge < -0.3 is 10.1 Å².